The maximum absolute atomic E-state index is 13.0. The number of hydrogen-bond acceptors (Lipinski definition) is 6. The van der Waals surface area contributed by atoms with Gasteiger partial charge in [0.1, 0.15) is 11.5 Å². The summed E-state index contributed by atoms with van der Waals surface area (Å²) in [6, 6.07) is 9.71. The Labute approximate surface area is 181 Å². The SMILES string of the molecule is CCCOc1ccc(/C(O)=C2/C(=O)C(=O)N(CC3CCCO3)C2c2cccnc2)cc1. The highest BCUT2D eigenvalue weighted by atomic mass is 16.5. The van der Waals surface area contributed by atoms with Crippen LogP contribution in [0, 0.1) is 0 Å². The Hall–Kier alpha value is -3.19. The number of carbonyl (C=O) groups excluding carboxylic acids is 2. The highest BCUT2D eigenvalue weighted by Gasteiger charge is 2.47. The van der Waals surface area contributed by atoms with E-state index in [0.717, 1.165) is 19.3 Å². The van der Waals surface area contributed by atoms with Gasteiger partial charge in [0, 0.05) is 31.1 Å². The van der Waals surface area contributed by atoms with Crippen molar-refractivity contribution in [1.29, 1.82) is 0 Å². The average Bonchev–Trinajstić information content (AvgIpc) is 3.40. The number of pyridine rings is 1. The normalized spacial score (nSPS) is 22.8. The van der Waals surface area contributed by atoms with Crippen LogP contribution in [0.3, 0.4) is 0 Å². The Morgan fingerprint density at radius 3 is 2.71 bits per heavy atom. The highest BCUT2D eigenvalue weighted by molar-refractivity contribution is 6.46. The van der Waals surface area contributed by atoms with E-state index in [2.05, 4.69) is 4.98 Å². The van der Waals surface area contributed by atoms with E-state index in [1.165, 1.54) is 4.90 Å². The molecule has 4 rings (SSSR count). The largest absolute Gasteiger partial charge is 0.507 e. The van der Waals surface area contributed by atoms with Gasteiger partial charge >= 0.3 is 0 Å². The number of aromatic nitrogens is 1. The molecule has 7 nitrogen and oxygen atoms in total. The topological polar surface area (TPSA) is 89.0 Å². The molecule has 0 saturated carbocycles. The lowest BCUT2D eigenvalue weighted by Gasteiger charge is -2.27. The lowest BCUT2D eigenvalue weighted by atomic mass is 9.96. The van der Waals surface area contributed by atoms with Crippen molar-refractivity contribution in [3.63, 3.8) is 0 Å². The molecule has 3 heterocycles. The van der Waals surface area contributed by atoms with Gasteiger partial charge in [-0.3, -0.25) is 14.6 Å². The molecule has 31 heavy (non-hydrogen) atoms. The fourth-order valence-electron chi connectivity index (χ4n) is 4.04. The Balaban J connectivity index is 1.72. The molecule has 2 aliphatic heterocycles. The summed E-state index contributed by atoms with van der Waals surface area (Å²) in [5.74, 6) is -0.852. The van der Waals surface area contributed by atoms with Crippen molar-refractivity contribution in [2.75, 3.05) is 19.8 Å². The summed E-state index contributed by atoms with van der Waals surface area (Å²) in [6.45, 7) is 3.57. The molecule has 1 N–H and O–H groups in total. The fraction of sp³-hybridized carbons (Fsp3) is 0.375. The summed E-state index contributed by atoms with van der Waals surface area (Å²) in [5, 5.41) is 11.1. The van der Waals surface area contributed by atoms with Crippen LogP contribution in [-0.2, 0) is 14.3 Å². The van der Waals surface area contributed by atoms with Crippen molar-refractivity contribution in [2.45, 2.75) is 38.3 Å². The predicted molar refractivity (Wildman–Crippen MR) is 114 cm³/mol. The van der Waals surface area contributed by atoms with Crippen molar-refractivity contribution < 1.29 is 24.2 Å². The number of benzene rings is 1. The van der Waals surface area contributed by atoms with Crippen molar-refractivity contribution in [2.24, 2.45) is 0 Å². The van der Waals surface area contributed by atoms with E-state index < -0.39 is 17.7 Å². The Kier molecular flexibility index (Phi) is 6.32. The average molecular weight is 422 g/mol. The van der Waals surface area contributed by atoms with Crippen LogP contribution in [0.1, 0.15) is 43.4 Å². The number of ketones is 1. The molecule has 7 heteroatoms. The van der Waals surface area contributed by atoms with Crippen LogP contribution in [0.5, 0.6) is 5.75 Å². The highest BCUT2D eigenvalue weighted by Crippen LogP contribution is 2.39. The lowest BCUT2D eigenvalue weighted by molar-refractivity contribution is -0.140. The second kappa shape index (κ2) is 9.31. The molecular weight excluding hydrogens is 396 g/mol. The third kappa shape index (κ3) is 4.32. The summed E-state index contributed by atoms with van der Waals surface area (Å²) in [6.07, 6.45) is 5.79. The number of aliphatic hydroxyl groups excluding tert-OH is 1. The molecule has 0 aliphatic carbocycles. The van der Waals surface area contributed by atoms with Crippen LogP contribution >= 0.6 is 0 Å². The van der Waals surface area contributed by atoms with Gasteiger partial charge in [-0.05, 0) is 55.2 Å². The van der Waals surface area contributed by atoms with Crippen LogP contribution in [0.2, 0.25) is 0 Å². The number of amides is 1. The summed E-state index contributed by atoms with van der Waals surface area (Å²) >= 11 is 0. The van der Waals surface area contributed by atoms with Crippen molar-refractivity contribution in [3.8, 4) is 5.75 Å². The van der Waals surface area contributed by atoms with E-state index in [-0.39, 0.29) is 17.4 Å². The molecule has 162 valence electrons. The van der Waals surface area contributed by atoms with Gasteiger partial charge in [0.15, 0.2) is 0 Å². The Bertz CT molecular complexity index is 965. The monoisotopic (exact) mass is 422 g/mol. The van der Waals surface area contributed by atoms with E-state index in [1.54, 1.807) is 48.8 Å². The first-order valence-electron chi connectivity index (χ1n) is 10.6. The maximum atomic E-state index is 13.0. The molecular formula is C24H26N2O5. The maximum Gasteiger partial charge on any atom is 0.295 e. The minimum atomic E-state index is -0.714. The first-order chi connectivity index (χ1) is 15.1. The van der Waals surface area contributed by atoms with Crippen LogP contribution in [0.15, 0.2) is 54.4 Å². The molecule has 1 aromatic heterocycles. The van der Waals surface area contributed by atoms with E-state index in [0.29, 0.717) is 36.6 Å². The molecule has 2 atom stereocenters. The van der Waals surface area contributed by atoms with Gasteiger partial charge in [0.05, 0.1) is 24.3 Å². The second-order valence-electron chi connectivity index (χ2n) is 7.75. The minimum Gasteiger partial charge on any atom is -0.507 e. The first kappa shape index (κ1) is 21.1. The van der Waals surface area contributed by atoms with Crippen LogP contribution in [0.25, 0.3) is 5.76 Å². The Morgan fingerprint density at radius 1 is 1.26 bits per heavy atom. The molecule has 1 aromatic carbocycles. The van der Waals surface area contributed by atoms with E-state index in [1.807, 2.05) is 6.92 Å². The smallest absolute Gasteiger partial charge is 0.295 e. The quantitative estimate of drug-likeness (QED) is 0.418. The van der Waals surface area contributed by atoms with Gasteiger partial charge in [-0.2, -0.15) is 0 Å². The first-order valence-corrected chi connectivity index (χ1v) is 10.6. The number of aliphatic hydroxyl groups is 1. The zero-order chi connectivity index (χ0) is 21.8. The van der Waals surface area contributed by atoms with E-state index in [9.17, 15) is 14.7 Å². The summed E-state index contributed by atoms with van der Waals surface area (Å²) in [5.41, 5.74) is 1.19. The van der Waals surface area contributed by atoms with E-state index in [4.69, 9.17) is 9.47 Å². The predicted octanol–water partition coefficient (Wildman–Crippen LogP) is 3.47. The summed E-state index contributed by atoms with van der Waals surface area (Å²) in [4.78, 5) is 31.6. The third-order valence-corrected chi connectivity index (χ3v) is 5.57. The van der Waals surface area contributed by atoms with Gasteiger partial charge in [0.25, 0.3) is 11.7 Å². The van der Waals surface area contributed by atoms with Crippen LogP contribution < -0.4 is 4.74 Å². The van der Waals surface area contributed by atoms with Crippen molar-refractivity contribution >= 4 is 17.4 Å². The number of carbonyl (C=O) groups is 2. The molecule has 2 saturated heterocycles. The number of Topliss-reactive ketones (excluding diaryl/α,β-unsaturated/α-hetero) is 1. The zero-order valence-electron chi connectivity index (χ0n) is 17.5. The molecule has 0 radical (unpaired) electrons. The van der Waals surface area contributed by atoms with Gasteiger partial charge in [0.2, 0.25) is 0 Å². The Morgan fingerprint density at radius 2 is 2.06 bits per heavy atom. The van der Waals surface area contributed by atoms with Gasteiger partial charge in [-0.15, -0.1) is 0 Å². The number of ether oxygens (including phenoxy) is 2. The van der Waals surface area contributed by atoms with Crippen LogP contribution in [0.4, 0.5) is 0 Å². The fourth-order valence-corrected chi connectivity index (χ4v) is 4.04. The standard InChI is InChI=1S/C24H26N2O5/c1-2-12-30-18-9-7-16(8-10-18)22(27)20-21(17-5-3-11-25-14-17)26(24(29)23(20)28)15-19-6-4-13-31-19/h3,5,7-11,14,19,21,27H,2,4,6,12-13,15H2,1H3/b22-20-. The number of nitrogens with zero attached hydrogens (tertiary/aromatic N) is 2. The number of hydrogen-bond donors (Lipinski definition) is 1. The van der Waals surface area contributed by atoms with Gasteiger partial charge in [-0.1, -0.05) is 13.0 Å². The van der Waals surface area contributed by atoms with Crippen molar-refractivity contribution in [3.05, 3.63) is 65.5 Å². The van der Waals surface area contributed by atoms with E-state index >= 15 is 0 Å². The van der Waals surface area contributed by atoms with Crippen LogP contribution in [-0.4, -0.2) is 52.5 Å². The minimum absolute atomic E-state index is 0.0678. The molecule has 0 spiro atoms. The molecule has 1 amide bonds. The molecule has 2 aliphatic rings. The third-order valence-electron chi connectivity index (χ3n) is 5.57. The molecule has 0 bridgehead atoms. The van der Waals surface area contributed by atoms with Crippen molar-refractivity contribution in [1.82, 2.24) is 9.88 Å². The lowest BCUT2D eigenvalue weighted by Crippen LogP contribution is -2.36. The summed E-state index contributed by atoms with van der Waals surface area (Å²) < 4.78 is 11.3. The van der Waals surface area contributed by atoms with Gasteiger partial charge in [-0.25, -0.2) is 0 Å². The van der Waals surface area contributed by atoms with Gasteiger partial charge < -0.3 is 19.5 Å². The second-order valence-corrected chi connectivity index (χ2v) is 7.75. The molecule has 2 unspecified atom stereocenters. The zero-order valence-corrected chi connectivity index (χ0v) is 17.5. The molecule has 2 aromatic rings. The number of likely N-dealkylation sites (tertiary alicyclic amines) is 1. The summed E-state index contributed by atoms with van der Waals surface area (Å²) in [7, 11) is 0. The number of rotatable bonds is 7. The molecule has 2 fully saturated rings.